The first-order valence-corrected chi connectivity index (χ1v) is 10.3. The summed E-state index contributed by atoms with van der Waals surface area (Å²) in [5.41, 5.74) is 3.95. The fraction of sp³-hybridized carbons (Fsp3) is 0.167. The van der Waals surface area contributed by atoms with Gasteiger partial charge in [0, 0.05) is 24.2 Å². The Kier molecular flexibility index (Phi) is 8.14. The van der Waals surface area contributed by atoms with E-state index in [2.05, 4.69) is 30.8 Å². The number of rotatable bonds is 8. The molecule has 1 unspecified atom stereocenters. The number of nitriles is 1. The van der Waals surface area contributed by atoms with E-state index in [-0.39, 0.29) is 30.0 Å². The molecule has 4 aromatic rings. The first-order chi connectivity index (χ1) is 16.1. The van der Waals surface area contributed by atoms with Crippen LogP contribution in [0.1, 0.15) is 29.8 Å². The second-order valence-electron chi connectivity index (χ2n) is 7.38. The number of nitrogens with zero attached hydrogens (tertiary/aromatic N) is 4. The van der Waals surface area contributed by atoms with E-state index in [1.807, 2.05) is 37.3 Å². The first kappa shape index (κ1) is 24.6. The van der Waals surface area contributed by atoms with Crippen LogP contribution in [0.5, 0.6) is 5.75 Å². The number of methoxy groups -OCH3 is 1. The number of H-pyrrole nitrogens is 1. The number of ether oxygens (including phenoxy) is 1. The van der Waals surface area contributed by atoms with Crippen molar-refractivity contribution in [1.29, 1.82) is 5.26 Å². The molecule has 0 aliphatic carbocycles. The lowest BCUT2D eigenvalue weighted by Gasteiger charge is -2.15. The van der Waals surface area contributed by atoms with Crippen molar-refractivity contribution in [2.75, 3.05) is 12.4 Å². The fourth-order valence-electron chi connectivity index (χ4n) is 3.31. The summed E-state index contributed by atoms with van der Waals surface area (Å²) in [6, 6.07) is 16.3. The van der Waals surface area contributed by atoms with Crippen LogP contribution in [0.15, 0.2) is 60.9 Å². The molecule has 0 aliphatic heterocycles. The van der Waals surface area contributed by atoms with E-state index < -0.39 is 0 Å². The van der Waals surface area contributed by atoms with Crippen molar-refractivity contribution in [2.45, 2.75) is 19.5 Å². The summed E-state index contributed by atoms with van der Waals surface area (Å²) in [6.45, 7) is 2.67. The van der Waals surface area contributed by atoms with E-state index in [9.17, 15) is 4.39 Å². The lowest BCUT2D eigenvalue weighted by atomic mass is 10.1. The Balaban J connectivity index is 0.00000324. The fourth-order valence-corrected chi connectivity index (χ4v) is 3.31. The Morgan fingerprint density at radius 1 is 1.09 bits per heavy atom. The van der Waals surface area contributed by atoms with Gasteiger partial charge in [-0.15, -0.1) is 12.4 Å². The van der Waals surface area contributed by atoms with E-state index in [1.165, 1.54) is 24.5 Å². The van der Waals surface area contributed by atoms with E-state index in [4.69, 9.17) is 10.00 Å². The predicted octanol–water partition coefficient (Wildman–Crippen LogP) is 4.90. The molecule has 0 spiro atoms. The third-order valence-electron chi connectivity index (χ3n) is 5.14. The van der Waals surface area contributed by atoms with Gasteiger partial charge in [-0.1, -0.05) is 18.2 Å². The Hall–Kier alpha value is -4.00. The smallest absolute Gasteiger partial charge is 0.158 e. The topological polar surface area (TPSA) is 112 Å². The molecule has 4 rings (SSSR count). The number of aromatic nitrogens is 4. The first-order valence-electron chi connectivity index (χ1n) is 10.3. The summed E-state index contributed by atoms with van der Waals surface area (Å²) in [5.74, 6) is 1.51. The summed E-state index contributed by atoms with van der Waals surface area (Å²) >= 11 is 0. The molecule has 2 aromatic carbocycles. The van der Waals surface area contributed by atoms with Gasteiger partial charge in [0.05, 0.1) is 25.2 Å². The lowest BCUT2D eigenvalue weighted by Crippen LogP contribution is -2.18. The van der Waals surface area contributed by atoms with Crippen LogP contribution >= 0.6 is 12.4 Å². The van der Waals surface area contributed by atoms with Crippen molar-refractivity contribution in [1.82, 2.24) is 25.5 Å². The molecule has 174 valence electrons. The highest BCUT2D eigenvalue weighted by molar-refractivity contribution is 5.85. The third kappa shape index (κ3) is 5.86. The van der Waals surface area contributed by atoms with Crippen LogP contribution in [0.3, 0.4) is 0 Å². The number of halogens is 2. The zero-order valence-corrected chi connectivity index (χ0v) is 19.4. The van der Waals surface area contributed by atoms with Crippen LogP contribution in [-0.2, 0) is 6.54 Å². The average molecular weight is 480 g/mol. The van der Waals surface area contributed by atoms with Gasteiger partial charge in [-0.2, -0.15) is 10.4 Å². The van der Waals surface area contributed by atoms with Gasteiger partial charge in [-0.05, 0) is 42.3 Å². The molecule has 1 atom stereocenters. The van der Waals surface area contributed by atoms with Gasteiger partial charge < -0.3 is 15.4 Å². The maximum absolute atomic E-state index is 13.1. The highest BCUT2D eigenvalue weighted by Crippen LogP contribution is 2.31. The van der Waals surface area contributed by atoms with Gasteiger partial charge in [-0.25, -0.2) is 14.4 Å². The molecule has 34 heavy (non-hydrogen) atoms. The SMILES string of the molecule is COc1cc(CNC(C)c2ccc(F)cc2)ccc1-c1cc(Nc2cnc(C#N)cn2)n[nH]1.Cl. The molecule has 0 saturated heterocycles. The van der Waals surface area contributed by atoms with Crippen molar-refractivity contribution in [3.63, 3.8) is 0 Å². The van der Waals surface area contributed by atoms with Crippen molar-refractivity contribution in [3.8, 4) is 23.1 Å². The third-order valence-corrected chi connectivity index (χ3v) is 5.14. The minimum Gasteiger partial charge on any atom is -0.496 e. The molecule has 0 aliphatic rings. The summed E-state index contributed by atoms with van der Waals surface area (Å²) < 4.78 is 18.7. The van der Waals surface area contributed by atoms with E-state index in [1.54, 1.807) is 19.2 Å². The number of anilines is 2. The van der Waals surface area contributed by atoms with Crippen LogP contribution in [0, 0.1) is 17.1 Å². The highest BCUT2D eigenvalue weighted by Gasteiger charge is 2.12. The van der Waals surface area contributed by atoms with Crippen molar-refractivity contribution < 1.29 is 9.13 Å². The van der Waals surface area contributed by atoms with E-state index in [0.717, 1.165) is 22.4 Å². The molecule has 0 saturated carbocycles. The van der Waals surface area contributed by atoms with E-state index >= 15 is 0 Å². The van der Waals surface area contributed by atoms with Crippen molar-refractivity contribution in [3.05, 3.63) is 83.6 Å². The number of benzene rings is 2. The van der Waals surface area contributed by atoms with Crippen LogP contribution in [0.4, 0.5) is 16.0 Å². The predicted molar refractivity (Wildman–Crippen MR) is 130 cm³/mol. The second-order valence-corrected chi connectivity index (χ2v) is 7.38. The van der Waals surface area contributed by atoms with Crippen LogP contribution < -0.4 is 15.4 Å². The molecule has 0 bridgehead atoms. The standard InChI is InChI=1S/C24H22FN7O.ClH/c1-15(17-4-6-18(25)7-5-17)27-12-16-3-8-20(22(9-16)33-2)21-10-23(32-31-21)30-24-14-28-19(11-26)13-29-24;/h3-10,13-15,27H,12H2,1-2H3,(H2,29,30,31,32);1H. The van der Waals surface area contributed by atoms with Crippen LogP contribution in [-0.4, -0.2) is 27.3 Å². The number of hydrogen-bond donors (Lipinski definition) is 3. The molecule has 2 aromatic heterocycles. The summed E-state index contributed by atoms with van der Waals surface area (Å²) in [7, 11) is 1.62. The molecular formula is C24H23ClFN7O. The van der Waals surface area contributed by atoms with Crippen molar-refractivity contribution in [2.24, 2.45) is 0 Å². The largest absolute Gasteiger partial charge is 0.496 e. The second kappa shape index (κ2) is 11.2. The molecule has 0 amide bonds. The highest BCUT2D eigenvalue weighted by atomic mass is 35.5. The molecule has 8 nitrogen and oxygen atoms in total. The monoisotopic (exact) mass is 479 g/mol. The van der Waals surface area contributed by atoms with Gasteiger partial charge in [0.25, 0.3) is 0 Å². The zero-order valence-electron chi connectivity index (χ0n) is 18.5. The minimum atomic E-state index is -0.242. The van der Waals surface area contributed by atoms with Crippen molar-refractivity contribution >= 4 is 24.0 Å². The quantitative estimate of drug-likeness (QED) is 0.329. The summed E-state index contributed by atoms with van der Waals surface area (Å²) in [4.78, 5) is 8.11. The number of hydrogen-bond acceptors (Lipinski definition) is 7. The normalized spacial score (nSPS) is 11.2. The molecule has 0 radical (unpaired) electrons. The van der Waals surface area contributed by atoms with Gasteiger partial charge in [0.1, 0.15) is 23.5 Å². The van der Waals surface area contributed by atoms with Gasteiger partial charge in [-0.3, -0.25) is 5.10 Å². The van der Waals surface area contributed by atoms with Gasteiger partial charge in [0.15, 0.2) is 11.5 Å². The van der Waals surface area contributed by atoms with Gasteiger partial charge >= 0.3 is 0 Å². The average Bonchev–Trinajstić information content (AvgIpc) is 3.31. The summed E-state index contributed by atoms with van der Waals surface area (Å²) in [6.07, 6.45) is 2.87. The molecular weight excluding hydrogens is 457 g/mol. The zero-order chi connectivity index (χ0) is 23.2. The van der Waals surface area contributed by atoms with Crippen LogP contribution in [0.2, 0.25) is 0 Å². The Bertz CT molecular complexity index is 1270. The Morgan fingerprint density at radius 3 is 2.56 bits per heavy atom. The number of nitrogens with one attached hydrogen (secondary N) is 3. The maximum Gasteiger partial charge on any atom is 0.158 e. The summed E-state index contributed by atoms with van der Waals surface area (Å²) in [5, 5.41) is 22.6. The lowest BCUT2D eigenvalue weighted by molar-refractivity contribution is 0.415. The molecule has 0 fully saturated rings. The molecule has 2 heterocycles. The van der Waals surface area contributed by atoms with E-state index in [0.29, 0.717) is 23.9 Å². The maximum atomic E-state index is 13.1. The molecule has 10 heteroatoms. The number of aromatic amines is 1. The molecule has 3 N–H and O–H groups in total. The minimum absolute atomic E-state index is 0. The Labute approximate surface area is 202 Å². The Morgan fingerprint density at radius 2 is 1.88 bits per heavy atom. The van der Waals surface area contributed by atoms with Crippen LogP contribution in [0.25, 0.3) is 11.3 Å². The van der Waals surface area contributed by atoms with Gasteiger partial charge in [0.2, 0.25) is 0 Å².